The van der Waals surface area contributed by atoms with E-state index in [1.165, 1.54) is 12.1 Å². The molecule has 4 nitrogen and oxygen atoms in total. The molecule has 0 aliphatic carbocycles. The molecule has 0 aromatic heterocycles. The maximum atomic E-state index is 13.4. The van der Waals surface area contributed by atoms with Gasteiger partial charge in [0, 0.05) is 11.6 Å². The van der Waals surface area contributed by atoms with Gasteiger partial charge in [0.15, 0.2) is 5.75 Å². The van der Waals surface area contributed by atoms with Crippen molar-refractivity contribution in [1.82, 2.24) is 0 Å². The van der Waals surface area contributed by atoms with E-state index >= 15 is 0 Å². The first-order chi connectivity index (χ1) is 8.97. The number of benzene rings is 2. The first kappa shape index (κ1) is 13.4. The van der Waals surface area contributed by atoms with E-state index in [0.717, 1.165) is 6.07 Å². The lowest BCUT2D eigenvalue weighted by atomic mass is 10.2. The molecule has 0 radical (unpaired) electrons. The number of carbonyl (C=O) groups excluding carboxylic acids is 1. The van der Waals surface area contributed by atoms with Crippen LogP contribution in [0.1, 0.15) is 10.4 Å². The van der Waals surface area contributed by atoms with Crippen LogP contribution < -0.4 is 16.2 Å². The van der Waals surface area contributed by atoms with E-state index in [4.69, 9.17) is 16.2 Å². The minimum absolute atomic E-state index is 0.169. The maximum Gasteiger partial charge on any atom is 0.248 e. The zero-order chi connectivity index (χ0) is 14.0. The van der Waals surface area contributed by atoms with Gasteiger partial charge < -0.3 is 16.2 Å². The van der Waals surface area contributed by atoms with Gasteiger partial charge in [-0.3, -0.25) is 4.79 Å². The number of primary amides is 1. The Balaban J connectivity index is 2.33. The minimum atomic E-state index is -0.569. The van der Waals surface area contributed by atoms with Gasteiger partial charge in [-0.15, -0.1) is 0 Å². The van der Waals surface area contributed by atoms with Gasteiger partial charge in [-0.25, -0.2) is 4.39 Å². The molecule has 6 heteroatoms. The Morgan fingerprint density at radius 3 is 2.68 bits per heavy atom. The van der Waals surface area contributed by atoms with E-state index < -0.39 is 11.7 Å². The van der Waals surface area contributed by atoms with Crippen molar-refractivity contribution in [3.8, 4) is 11.5 Å². The fourth-order valence-electron chi connectivity index (χ4n) is 1.47. The van der Waals surface area contributed by atoms with Crippen LogP contribution in [-0.4, -0.2) is 5.91 Å². The molecule has 1 amide bonds. The summed E-state index contributed by atoms with van der Waals surface area (Å²) in [6.45, 7) is 0. The predicted molar refractivity (Wildman–Crippen MR) is 73.5 cm³/mol. The summed E-state index contributed by atoms with van der Waals surface area (Å²) in [7, 11) is 0. The average Bonchev–Trinajstić information content (AvgIpc) is 2.36. The number of anilines is 1. The molecule has 0 atom stereocenters. The third-order valence-corrected chi connectivity index (χ3v) is 3.01. The van der Waals surface area contributed by atoms with E-state index in [0.29, 0.717) is 11.3 Å². The summed E-state index contributed by atoms with van der Waals surface area (Å²) in [5.74, 6) is -0.539. The topological polar surface area (TPSA) is 78.3 Å². The van der Waals surface area contributed by atoms with Crippen molar-refractivity contribution < 1.29 is 13.9 Å². The summed E-state index contributed by atoms with van der Waals surface area (Å²) in [6.07, 6.45) is 0. The van der Waals surface area contributed by atoms with Crippen LogP contribution in [0, 0.1) is 5.82 Å². The number of hydrogen-bond acceptors (Lipinski definition) is 3. The summed E-state index contributed by atoms with van der Waals surface area (Å²) in [5, 5.41) is 0. The van der Waals surface area contributed by atoms with Crippen LogP contribution in [-0.2, 0) is 0 Å². The van der Waals surface area contributed by atoms with Gasteiger partial charge in [0.25, 0.3) is 0 Å². The quantitative estimate of drug-likeness (QED) is 0.851. The number of nitrogens with two attached hydrogens (primary N) is 2. The number of hydrogen-bond donors (Lipinski definition) is 2. The third-order valence-electron chi connectivity index (χ3n) is 2.40. The highest BCUT2D eigenvalue weighted by atomic mass is 79.9. The molecule has 0 saturated heterocycles. The fraction of sp³-hybridized carbons (Fsp3) is 0. The first-order valence-electron chi connectivity index (χ1n) is 5.29. The van der Waals surface area contributed by atoms with E-state index in [-0.39, 0.29) is 15.9 Å². The minimum Gasteiger partial charge on any atom is -0.455 e. The van der Waals surface area contributed by atoms with Crippen molar-refractivity contribution in [1.29, 1.82) is 0 Å². The number of rotatable bonds is 3. The Kier molecular flexibility index (Phi) is 3.71. The van der Waals surface area contributed by atoms with Crippen molar-refractivity contribution in [2.75, 3.05) is 5.73 Å². The molecule has 0 saturated carbocycles. The molecule has 4 N–H and O–H groups in total. The lowest BCUT2D eigenvalue weighted by molar-refractivity contribution is 0.1000. The molecule has 0 spiro atoms. The van der Waals surface area contributed by atoms with E-state index in [1.807, 2.05) is 0 Å². The molecular formula is C13H10BrFN2O2. The number of carbonyl (C=O) groups is 1. The Morgan fingerprint density at radius 2 is 2.00 bits per heavy atom. The second kappa shape index (κ2) is 5.27. The van der Waals surface area contributed by atoms with Crippen LogP contribution >= 0.6 is 15.9 Å². The number of ether oxygens (including phenoxy) is 1. The molecule has 0 bridgehead atoms. The summed E-state index contributed by atoms with van der Waals surface area (Å²) < 4.78 is 19.1. The number of amides is 1. The van der Waals surface area contributed by atoms with Gasteiger partial charge in [0.1, 0.15) is 11.6 Å². The van der Waals surface area contributed by atoms with E-state index in [1.54, 1.807) is 18.2 Å². The van der Waals surface area contributed by atoms with Gasteiger partial charge in [-0.2, -0.15) is 0 Å². The van der Waals surface area contributed by atoms with Crippen molar-refractivity contribution >= 4 is 27.5 Å². The Hall–Kier alpha value is -2.08. The lowest BCUT2D eigenvalue weighted by Gasteiger charge is -2.10. The highest BCUT2D eigenvalue weighted by Gasteiger charge is 2.09. The van der Waals surface area contributed by atoms with Crippen molar-refractivity contribution in [3.63, 3.8) is 0 Å². The molecule has 2 rings (SSSR count). The van der Waals surface area contributed by atoms with Crippen LogP contribution in [0.2, 0.25) is 0 Å². The molecule has 0 heterocycles. The maximum absolute atomic E-state index is 13.4. The van der Waals surface area contributed by atoms with Crippen LogP contribution in [0.5, 0.6) is 11.5 Å². The van der Waals surface area contributed by atoms with E-state index in [9.17, 15) is 9.18 Å². The monoisotopic (exact) mass is 324 g/mol. The molecule has 2 aromatic carbocycles. The Morgan fingerprint density at radius 1 is 1.26 bits per heavy atom. The average molecular weight is 325 g/mol. The van der Waals surface area contributed by atoms with Crippen LogP contribution in [0.3, 0.4) is 0 Å². The summed E-state index contributed by atoms with van der Waals surface area (Å²) in [6, 6.07) is 8.81. The molecule has 0 aliphatic rings. The van der Waals surface area contributed by atoms with Crippen LogP contribution in [0.15, 0.2) is 40.9 Å². The lowest BCUT2D eigenvalue weighted by Crippen LogP contribution is -2.10. The van der Waals surface area contributed by atoms with Gasteiger partial charge >= 0.3 is 0 Å². The zero-order valence-electron chi connectivity index (χ0n) is 9.69. The molecule has 0 aliphatic heterocycles. The fourth-order valence-corrected chi connectivity index (χ4v) is 1.83. The van der Waals surface area contributed by atoms with Gasteiger partial charge in [-0.1, -0.05) is 6.07 Å². The third kappa shape index (κ3) is 3.03. The van der Waals surface area contributed by atoms with Crippen molar-refractivity contribution in [3.05, 3.63) is 52.3 Å². The Bertz CT molecular complexity index is 647. The Labute approximate surface area is 117 Å². The SMILES string of the molecule is NC(=O)c1cccc(Oc2cc(F)c(Br)cc2N)c1. The normalized spacial score (nSPS) is 10.2. The predicted octanol–water partition coefficient (Wildman–Crippen LogP) is 3.06. The highest BCUT2D eigenvalue weighted by molar-refractivity contribution is 9.10. The summed E-state index contributed by atoms with van der Waals surface area (Å²) >= 11 is 3.02. The highest BCUT2D eigenvalue weighted by Crippen LogP contribution is 2.32. The molecule has 19 heavy (non-hydrogen) atoms. The summed E-state index contributed by atoms with van der Waals surface area (Å²) in [5.41, 5.74) is 11.5. The van der Waals surface area contributed by atoms with Crippen molar-refractivity contribution in [2.45, 2.75) is 0 Å². The molecule has 0 unspecified atom stereocenters. The van der Waals surface area contributed by atoms with Gasteiger partial charge in [-0.05, 0) is 40.2 Å². The zero-order valence-corrected chi connectivity index (χ0v) is 11.3. The second-order valence-electron chi connectivity index (χ2n) is 3.80. The second-order valence-corrected chi connectivity index (χ2v) is 4.65. The number of halogens is 2. The van der Waals surface area contributed by atoms with Gasteiger partial charge in [0.2, 0.25) is 5.91 Å². The van der Waals surface area contributed by atoms with Crippen molar-refractivity contribution in [2.24, 2.45) is 5.73 Å². The molecule has 0 fully saturated rings. The van der Waals surface area contributed by atoms with E-state index in [2.05, 4.69) is 15.9 Å². The van der Waals surface area contributed by atoms with Crippen LogP contribution in [0.25, 0.3) is 0 Å². The van der Waals surface area contributed by atoms with Gasteiger partial charge in [0.05, 0.1) is 10.2 Å². The smallest absolute Gasteiger partial charge is 0.248 e. The number of nitrogen functional groups attached to an aromatic ring is 1. The summed E-state index contributed by atoms with van der Waals surface area (Å²) in [4.78, 5) is 11.0. The first-order valence-corrected chi connectivity index (χ1v) is 6.09. The standard InChI is InChI=1S/C13H10BrFN2O2/c14-9-5-11(16)12(6-10(9)15)19-8-3-1-2-7(4-8)13(17)18/h1-6H,16H2,(H2,17,18). The molecular weight excluding hydrogens is 315 g/mol. The largest absolute Gasteiger partial charge is 0.455 e. The molecule has 2 aromatic rings. The molecule has 98 valence electrons. The van der Waals surface area contributed by atoms with Crippen LogP contribution in [0.4, 0.5) is 10.1 Å².